The minimum atomic E-state index is 0.0700. The molecule has 1 fully saturated rings. The Morgan fingerprint density at radius 3 is 2.67 bits per heavy atom. The molecule has 0 aromatic heterocycles. The van der Waals surface area contributed by atoms with Gasteiger partial charge in [0.15, 0.2) is 0 Å². The van der Waals surface area contributed by atoms with Gasteiger partial charge in [0.05, 0.1) is 0 Å². The summed E-state index contributed by atoms with van der Waals surface area (Å²) in [6.45, 7) is 3.72. The molecule has 0 saturated carbocycles. The van der Waals surface area contributed by atoms with E-state index < -0.39 is 0 Å². The first-order valence-corrected chi connectivity index (χ1v) is 9.22. The zero-order chi connectivity index (χ0) is 16.9. The molecule has 1 atom stereocenters. The van der Waals surface area contributed by atoms with Crippen molar-refractivity contribution in [2.75, 3.05) is 19.7 Å². The number of amides is 1. The van der Waals surface area contributed by atoms with Gasteiger partial charge in [0, 0.05) is 35.1 Å². The summed E-state index contributed by atoms with van der Waals surface area (Å²) < 4.78 is 0. The van der Waals surface area contributed by atoms with Gasteiger partial charge in [-0.1, -0.05) is 30.0 Å². The lowest BCUT2D eigenvalue weighted by Crippen LogP contribution is -2.40. The zero-order valence-electron chi connectivity index (χ0n) is 13.9. The maximum Gasteiger partial charge on any atom is 0.253 e. The first kappa shape index (κ1) is 17.1. The number of hydrogen-bond acceptors (Lipinski definition) is 3. The van der Waals surface area contributed by atoms with Crippen LogP contribution in [0.15, 0.2) is 58.3 Å². The smallest absolute Gasteiger partial charge is 0.253 e. The molecule has 0 aliphatic carbocycles. The molecule has 0 radical (unpaired) electrons. The molecule has 126 valence electrons. The molecule has 4 heteroatoms. The van der Waals surface area contributed by atoms with Crippen LogP contribution in [0.4, 0.5) is 0 Å². The lowest BCUT2D eigenvalue weighted by Gasteiger charge is -2.31. The van der Waals surface area contributed by atoms with Crippen LogP contribution < -0.4 is 0 Å². The third-order valence-electron chi connectivity index (χ3n) is 4.49. The van der Waals surface area contributed by atoms with Gasteiger partial charge >= 0.3 is 0 Å². The van der Waals surface area contributed by atoms with Gasteiger partial charge < -0.3 is 10.0 Å². The van der Waals surface area contributed by atoms with Crippen LogP contribution in [0, 0.1) is 12.8 Å². The fourth-order valence-electron chi connectivity index (χ4n) is 3.04. The molecule has 1 aliphatic rings. The Bertz CT molecular complexity index is 699. The van der Waals surface area contributed by atoms with Gasteiger partial charge in [-0.3, -0.25) is 4.79 Å². The Hall–Kier alpha value is -1.78. The summed E-state index contributed by atoms with van der Waals surface area (Å²) >= 11 is 1.72. The summed E-state index contributed by atoms with van der Waals surface area (Å²) in [6.07, 6.45) is 1.98. The van der Waals surface area contributed by atoms with Crippen LogP contribution in [0.2, 0.25) is 0 Å². The van der Waals surface area contributed by atoms with E-state index in [0.29, 0.717) is 6.54 Å². The number of piperidine rings is 1. The molecule has 2 aromatic carbocycles. The zero-order valence-corrected chi connectivity index (χ0v) is 14.8. The van der Waals surface area contributed by atoms with Crippen LogP contribution in [0.1, 0.15) is 28.8 Å². The predicted octanol–water partition coefficient (Wildman–Crippen LogP) is 3.99. The number of carbonyl (C=O) groups is 1. The highest BCUT2D eigenvalue weighted by Crippen LogP contribution is 2.30. The largest absolute Gasteiger partial charge is 0.396 e. The first-order valence-electron chi connectivity index (χ1n) is 8.41. The second-order valence-corrected chi connectivity index (χ2v) is 7.45. The van der Waals surface area contributed by atoms with Gasteiger partial charge in [-0.25, -0.2) is 0 Å². The standard InChI is InChI=1S/C20H23NO2S/c1-15-5-2-3-7-19(15)24-18-10-8-17(9-11-18)20(23)21-12-4-6-16(13-21)14-22/h2-3,5,7-11,16,22H,4,6,12-14H2,1H3. The molecule has 0 spiro atoms. The predicted molar refractivity (Wildman–Crippen MR) is 97.5 cm³/mol. The molecule has 0 bridgehead atoms. The van der Waals surface area contributed by atoms with E-state index in [9.17, 15) is 9.90 Å². The lowest BCUT2D eigenvalue weighted by atomic mass is 9.98. The molecule has 1 N–H and O–H groups in total. The molecule has 24 heavy (non-hydrogen) atoms. The Balaban J connectivity index is 1.68. The fourth-order valence-corrected chi connectivity index (χ4v) is 3.95. The van der Waals surface area contributed by atoms with E-state index in [1.165, 1.54) is 10.5 Å². The van der Waals surface area contributed by atoms with E-state index in [2.05, 4.69) is 19.1 Å². The van der Waals surface area contributed by atoms with Crippen LogP contribution in [0.25, 0.3) is 0 Å². The highest BCUT2D eigenvalue weighted by molar-refractivity contribution is 7.99. The highest BCUT2D eigenvalue weighted by atomic mass is 32.2. The summed E-state index contributed by atoms with van der Waals surface area (Å²) in [4.78, 5) is 16.9. The Kier molecular flexibility index (Phi) is 5.59. The Morgan fingerprint density at radius 1 is 1.21 bits per heavy atom. The van der Waals surface area contributed by atoms with Gasteiger partial charge in [-0.15, -0.1) is 0 Å². The molecule has 1 saturated heterocycles. The van der Waals surface area contributed by atoms with Crippen LogP contribution in [0.5, 0.6) is 0 Å². The van der Waals surface area contributed by atoms with E-state index in [4.69, 9.17) is 0 Å². The topological polar surface area (TPSA) is 40.5 Å². The molecular weight excluding hydrogens is 318 g/mol. The molecule has 1 unspecified atom stereocenters. The van der Waals surface area contributed by atoms with Crippen molar-refractivity contribution in [1.82, 2.24) is 4.90 Å². The van der Waals surface area contributed by atoms with Crippen molar-refractivity contribution >= 4 is 17.7 Å². The van der Waals surface area contributed by atoms with Crippen molar-refractivity contribution < 1.29 is 9.90 Å². The number of aliphatic hydroxyl groups is 1. The maximum absolute atomic E-state index is 12.6. The van der Waals surface area contributed by atoms with E-state index in [-0.39, 0.29) is 18.4 Å². The second-order valence-electron chi connectivity index (χ2n) is 6.33. The summed E-state index contributed by atoms with van der Waals surface area (Å²) in [5, 5.41) is 9.32. The number of aliphatic hydroxyl groups excluding tert-OH is 1. The summed E-state index contributed by atoms with van der Waals surface area (Å²) in [7, 11) is 0. The van der Waals surface area contributed by atoms with Gasteiger partial charge in [0.25, 0.3) is 5.91 Å². The van der Waals surface area contributed by atoms with Gasteiger partial charge in [-0.05, 0) is 61.6 Å². The van der Waals surface area contributed by atoms with Crippen molar-refractivity contribution in [1.29, 1.82) is 0 Å². The molecule has 1 aliphatic heterocycles. The minimum Gasteiger partial charge on any atom is -0.396 e. The number of nitrogens with zero attached hydrogens (tertiary/aromatic N) is 1. The first-order chi connectivity index (χ1) is 11.7. The normalized spacial score (nSPS) is 17.8. The van der Waals surface area contributed by atoms with Crippen LogP contribution >= 0.6 is 11.8 Å². The van der Waals surface area contributed by atoms with Crippen LogP contribution in [0.3, 0.4) is 0 Å². The average molecular weight is 341 g/mol. The second kappa shape index (κ2) is 7.86. The number of aryl methyl sites for hydroxylation is 1. The van der Waals surface area contributed by atoms with Crippen molar-refractivity contribution in [3.05, 3.63) is 59.7 Å². The Morgan fingerprint density at radius 2 is 1.96 bits per heavy atom. The lowest BCUT2D eigenvalue weighted by molar-refractivity contribution is 0.0620. The summed E-state index contributed by atoms with van der Waals surface area (Å²) in [5.74, 6) is 0.291. The highest BCUT2D eigenvalue weighted by Gasteiger charge is 2.23. The van der Waals surface area contributed by atoms with E-state index in [1.54, 1.807) is 11.8 Å². The van der Waals surface area contributed by atoms with Crippen LogP contribution in [-0.2, 0) is 0 Å². The molecule has 2 aromatic rings. The molecule has 1 amide bonds. The molecule has 1 heterocycles. The third-order valence-corrected chi connectivity index (χ3v) is 5.67. The number of rotatable bonds is 4. The SMILES string of the molecule is Cc1ccccc1Sc1ccc(C(=O)N2CCCC(CO)C2)cc1. The van der Waals surface area contributed by atoms with Crippen molar-refractivity contribution in [3.8, 4) is 0 Å². The van der Waals surface area contributed by atoms with Crippen LogP contribution in [-0.4, -0.2) is 35.6 Å². The maximum atomic E-state index is 12.6. The Labute approximate surface area is 147 Å². The molecular formula is C20H23NO2S. The fraction of sp³-hybridized carbons (Fsp3) is 0.350. The number of carbonyl (C=O) groups excluding carboxylic acids is 1. The van der Waals surface area contributed by atoms with Crippen molar-refractivity contribution in [3.63, 3.8) is 0 Å². The van der Waals surface area contributed by atoms with Gasteiger partial charge in [0.2, 0.25) is 0 Å². The number of benzene rings is 2. The quantitative estimate of drug-likeness (QED) is 0.914. The summed E-state index contributed by atoms with van der Waals surface area (Å²) in [5.41, 5.74) is 1.98. The summed E-state index contributed by atoms with van der Waals surface area (Å²) in [6, 6.07) is 16.1. The van der Waals surface area contributed by atoms with Crippen molar-refractivity contribution in [2.45, 2.75) is 29.6 Å². The van der Waals surface area contributed by atoms with E-state index >= 15 is 0 Å². The van der Waals surface area contributed by atoms with E-state index in [0.717, 1.165) is 29.8 Å². The number of likely N-dealkylation sites (tertiary alicyclic amines) is 1. The average Bonchev–Trinajstić information content (AvgIpc) is 2.64. The number of hydrogen-bond donors (Lipinski definition) is 1. The monoisotopic (exact) mass is 341 g/mol. The molecule has 3 rings (SSSR count). The van der Waals surface area contributed by atoms with Gasteiger partial charge in [0.1, 0.15) is 0 Å². The van der Waals surface area contributed by atoms with Gasteiger partial charge in [-0.2, -0.15) is 0 Å². The molecule has 3 nitrogen and oxygen atoms in total. The third kappa shape index (κ3) is 4.00. The van der Waals surface area contributed by atoms with E-state index in [1.807, 2.05) is 41.3 Å². The van der Waals surface area contributed by atoms with Crippen molar-refractivity contribution in [2.24, 2.45) is 5.92 Å². The minimum absolute atomic E-state index is 0.0700.